The number of benzene rings is 1. The Morgan fingerprint density at radius 1 is 1.38 bits per heavy atom. The number of hydrogen-bond acceptors (Lipinski definition) is 3. The standard InChI is InChI=1S/C13H16N2S/c1-3-12-15-9(2)13(16-12)11-6-4-5-10(7-11)8-14/h4-7H,3,8,14H2,1-2H3. The fourth-order valence-electron chi connectivity index (χ4n) is 1.71. The topological polar surface area (TPSA) is 38.9 Å². The van der Waals surface area contributed by atoms with E-state index >= 15 is 0 Å². The molecule has 3 heteroatoms. The molecule has 0 aliphatic heterocycles. The maximum absolute atomic E-state index is 5.65. The van der Waals surface area contributed by atoms with E-state index in [-0.39, 0.29) is 0 Å². The van der Waals surface area contributed by atoms with Crippen molar-refractivity contribution in [2.75, 3.05) is 0 Å². The third-order valence-electron chi connectivity index (χ3n) is 2.57. The van der Waals surface area contributed by atoms with Crippen LogP contribution in [0.5, 0.6) is 0 Å². The highest BCUT2D eigenvalue weighted by Crippen LogP contribution is 2.30. The molecule has 0 atom stereocenters. The second-order valence-electron chi connectivity index (χ2n) is 3.78. The predicted molar refractivity (Wildman–Crippen MR) is 69.6 cm³/mol. The van der Waals surface area contributed by atoms with Crippen molar-refractivity contribution in [1.29, 1.82) is 0 Å². The van der Waals surface area contributed by atoms with Crippen molar-refractivity contribution in [3.8, 4) is 10.4 Å². The molecule has 84 valence electrons. The Labute approximate surface area is 100 Å². The maximum Gasteiger partial charge on any atom is 0.0931 e. The number of aromatic nitrogens is 1. The Hall–Kier alpha value is -1.19. The van der Waals surface area contributed by atoms with Crippen LogP contribution in [0.15, 0.2) is 24.3 Å². The fourth-order valence-corrected chi connectivity index (χ4v) is 2.71. The lowest BCUT2D eigenvalue weighted by Gasteiger charge is -2.01. The van der Waals surface area contributed by atoms with E-state index in [1.165, 1.54) is 21.0 Å². The third-order valence-corrected chi connectivity index (χ3v) is 3.92. The van der Waals surface area contributed by atoms with Crippen LogP contribution < -0.4 is 5.73 Å². The van der Waals surface area contributed by atoms with E-state index in [2.05, 4.69) is 43.1 Å². The van der Waals surface area contributed by atoms with Gasteiger partial charge in [0.1, 0.15) is 0 Å². The lowest BCUT2D eigenvalue weighted by molar-refractivity contribution is 1.06. The zero-order valence-electron chi connectivity index (χ0n) is 9.66. The van der Waals surface area contributed by atoms with Crippen LogP contribution in [-0.2, 0) is 13.0 Å². The first-order valence-electron chi connectivity index (χ1n) is 5.50. The van der Waals surface area contributed by atoms with Crippen LogP contribution in [0, 0.1) is 6.92 Å². The third kappa shape index (κ3) is 2.15. The van der Waals surface area contributed by atoms with Crippen LogP contribution in [0.1, 0.15) is 23.2 Å². The smallest absolute Gasteiger partial charge is 0.0931 e. The molecule has 16 heavy (non-hydrogen) atoms. The van der Waals surface area contributed by atoms with Crippen LogP contribution in [0.2, 0.25) is 0 Å². The van der Waals surface area contributed by atoms with Crippen molar-refractivity contribution >= 4 is 11.3 Å². The summed E-state index contributed by atoms with van der Waals surface area (Å²) in [5.41, 5.74) is 9.18. The van der Waals surface area contributed by atoms with Crippen molar-refractivity contribution in [2.45, 2.75) is 26.8 Å². The first kappa shape index (κ1) is 11.3. The summed E-state index contributed by atoms with van der Waals surface area (Å²) in [7, 11) is 0. The molecule has 2 nitrogen and oxygen atoms in total. The molecule has 0 fully saturated rings. The highest BCUT2D eigenvalue weighted by Gasteiger charge is 2.08. The normalized spacial score (nSPS) is 10.7. The summed E-state index contributed by atoms with van der Waals surface area (Å²) >= 11 is 1.78. The van der Waals surface area contributed by atoms with Gasteiger partial charge < -0.3 is 5.73 Å². The summed E-state index contributed by atoms with van der Waals surface area (Å²) in [5.74, 6) is 0. The molecule has 2 rings (SSSR count). The second kappa shape index (κ2) is 4.76. The van der Waals surface area contributed by atoms with Gasteiger partial charge in [0.05, 0.1) is 15.6 Å². The molecule has 0 amide bonds. The number of nitrogens with two attached hydrogens (primary N) is 1. The number of nitrogens with zero attached hydrogens (tertiary/aromatic N) is 1. The SMILES string of the molecule is CCc1nc(C)c(-c2cccc(CN)c2)s1. The molecule has 0 aliphatic rings. The summed E-state index contributed by atoms with van der Waals surface area (Å²) < 4.78 is 0. The van der Waals surface area contributed by atoms with E-state index in [1.54, 1.807) is 11.3 Å². The van der Waals surface area contributed by atoms with Crippen molar-refractivity contribution in [2.24, 2.45) is 5.73 Å². The van der Waals surface area contributed by atoms with Gasteiger partial charge in [-0.05, 0) is 30.5 Å². The number of rotatable bonds is 3. The second-order valence-corrected chi connectivity index (χ2v) is 4.86. The molecule has 0 bridgehead atoms. The lowest BCUT2D eigenvalue weighted by Crippen LogP contribution is -1.95. The predicted octanol–water partition coefficient (Wildman–Crippen LogP) is 3.14. The zero-order valence-corrected chi connectivity index (χ0v) is 10.5. The summed E-state index contributed by atoms with van der Waals surface area (Å²) in [6, 6.07) is 8.39. The Kier molecular flexibility index (Phi) is 3.36. The zero-order chi connectivity index (χ0) is 11.5. The highest BCUT2D eigenvalue weighted by atomic mass is 32.1. The molecule has 2 N–H and O–H groups in total. The lowest BCUT2D eigenvalue weighted by atomic mass is 10.1. The average Bonchev–Trinajstić information content (AvgIpc) is 2.71. The van der Waals surface area contributed by atoms with Gasteiger partial charge in [-0.15, -0.1) is 11.3 Å². The number of aryl methyl sites for hydroxylation is 2. The monoisotopic (exact) mass is 232 g/mol. The summed E-state index contributed by atoms with van der Waals surface area (Å²) in [6.45, 7) is 4.80. The van der Waals surface area contributed by atoms with Crippen LogP contribution in [0.4, 0.5) is 0 Å². The highest BCUT2D eigenvalue weighted by molar-refractivity contribution is 7.15. The van der Waals surface area contributed by atoms with E-state index in [4.69, 9.17) is 5.73 Å². The van der Waals surface area contributed by atoms with E-state index < -0.39 is 0 Å². The van der Waals surface area contributed by atoms with Crippen molar-refractivity contribution < 1.29 is 0 Å². The molecule has 0 saturated carbocycles. The van der Waals surface area contributed by atoms with Crippen molar-refractivity contribution in [3.05, 3.63) is 40.5 Å². The molecule has 1 aromatic heterocycles. The molecule has 2 aromatic rings. The van der Waals surface area contributed by atoms with Crippen LogP contribution in [0.3, 0.4) is 0 Å². The summed E-state index contributed by atoms with van der Waals surface area (Å²) in [6.07, 6.45) is 1.00. The minimum absolute atomic E-state index is 0.590. The maximum atomic E-state index is 5.65. The molecule has 1 heterocycles. The average molecular weight is 232 g/mol. The minimum atomic E-state index is 0.590. The molecular formula is C13H16N2S. The van der Waals surface area contributed by atoms with Gasteiger partial charge in [0, 0.05) is 6.54 Å². The quantitative estimate of drug-likeness (QED) is 0.883. The van der Waals surface area contributed by atoms with Crippen molar-refractivity contribution in [3.63, 3.8) is 0 Å². The largest absolute Gasteiger partial charge is 0.326 e. The number of hydrogen-bond donors (Lipinski definition) is 1. The van der Waals surface area contributed by atoms with E-state index in [0.717, 1.165) is 12.1 Å². The number of thiazole rings is 1. The van der Waals surface area contributed by atoms with Gasteiger partial charge in [-0.25, -0.2) is 4.98 Å². The van der Waals surface area contributed by atoms with Crippen LogP contribution in [0.25, 0.3) is 10.4 Å². The van der Waals surface area contributed by atoms with Gasteiger partial charge in [-0.1, -0.05) is 25.1 Å². The van der Waals surface area contributed by atoms with Crippen LogP contribution >= 0.6 is 11.3 Å². The van der Waals surface area contributed by atoms with E-state index in [0.29, 0.717) is 6.54 Å². The Morgan fingerprint density at radius 2 is 2.19 bits per heavy atom. The summed E-state index contributed by atoms with van der Waals surface area (Å²) in [4.78, 5) is 5.82. The first-order valence-corrected chi connectivity index (χ1v) is 6.32. The molecule has 0 aliphatic carbocycles. The molecule has 0 spiro atoms. The molecule has 1 aromatic carbocycles. The minimum Gasteiger partial charge on any atom is -0.326 e. The van der Waals surface area contributed by atoms with Crippen LogP contribution in [-0.4, -0.2) is 4.98 Å². The van der Waals surface area contributed by atoms with Gasteiger partial charge in [0.25, 0.3) is 0 Å². The Bertz CT molecular complexity index is 488. The fraction of sp³-hybridized carbons (Fsp3) is 0.308. The molecule has 0 unspecified atom stereocenters. The van der Waals surface area contributed by atoms with E-state index in [9.17, 15) is 0 Å². The molecule has 0 radical (unpaired) electrons. The van der Waals surface area contributed by atoms with Gasteiger partial charge in [-0.2, -0.15) is 0 Å². The molecular weight excluding hydrogens is 216 g/mol. The molecule has 0 saturated heterocycles. The Balaban J connectivity index is 2.45. The van der Waals surface area contributed by atoms with Gasteiger partial charge in [-0.3, -0.25) is 0 Å². The first-order chi connectivity index (χ1) is 7.74. The van der Waals surface area contributed by atoms with E-state index in [1.807, 2.05) is 0 Å². The summed E-state index contributed by atoms with van der Waals surface area (Å²) in [5, 5.41) is 1.20. The van der Waals surface area contributed by atoms with Gasteiger partial charge >= 0.3 is 0 Å². The van der Waals surface area contributed by atoms with Crippen molar-refractivity contribution in [1.82, 2.24) is 4.98 Å². The van der Waals surface area contributed by atoms with Gasteiger partial charge in [0.2, 0.25) is 0 Å². The van der Waals surface area contributed by atoms with Gasteiger partial charge in [0.15, 0.2) is 0 Å². The Morgan fingerprint density at radius 3 is 2.81 bits per heavy atom.